The Balaban J connectivity index is 0.00000193. The number of hydrogen-bond acceptors (Lipinski definition) is 0. The fourth-order valence-corrected chi connectivity index (χ4v) is 24.9. The molecule has 0 fully saturated rings. The third kappa shape index (κ3) is 4.75. The molecule has 178 valence electrons. The molecule has 0 spiro atoms. The second kappa shape index (κ2) is 10.1. The zero-order chi connectivity index (χ0) is 22.6. The molecule has 2 aliphatic carbocycles. The molecule has 0 bridgehead atoms. The summed E-state index contributed by atoms with van der Waals surface area (Å²) in [4.78, 5) is 0. The topological polar surface area (TPSA) is 0 Å². The Bertz CT molecular complexity index is 1230. The van der Waals surface area contributed by atoms with Crippen LogP contribution in [0.2, 0.25) is 9.26 Å². The van der Waals surface area contributed by atoms with E-state index in [0.717, 1.165) is 6.42 Å². The maximum Gasteiger partial charge on any atom is -0.147 e. The molecule has 0 radical (unpaired) electrons. The van der Waals surface area contributed by atoms with E-state index < -0.39 is 17.4 Å². The van der Waals surface area contributed by atoms with Crippen LogP contribution in [0, 0.1) is 5.92 Å². The van der Waals surface area contributed by atoms with E-state index in [0.29, 0.717) is 9.54 Å². The maximum atomic E-state index is 2.70. The van der Waals surface area contributed by atoms with Gasteiger partial charge < -0.3 is 0 Å². The van der Waals surface area contributed by atoms with Crippen molar-refractivity contribution < 1.29 is 17.4 Å². The van der Waals surface area contributed by atoms with Gasteiger partial charge in [0.1, 0.15) is 0 Å². The molecule has 0 aromatic heterocycles. The fraction of sp³-hybridized carbons (Fsp3) is 0.379. The van der Waals surface area contributed by atoms with Crippen molar-refractivity contribution in [1.82, 2.24) is 0 Å². The number of hydrogen-bond donors (Lipinski definition) is 0. The second-order valence-electron chi connectivity index (χ2n) is 11.0. The molecule has 2 aromatic rings. The predicted molar refractivity (Wildman–Crippen MR) is 152 cm³/mol. The minimum absolute atomic E-state index is 0. The average Bonchev–Trinajstić information content (AvgIpc) is 3.21. The van der Waals surface area contributed by atoms with Gasteiger partial charge in [-0.2, -0.15) is 0 Å². The van der Waals surface area contributed by atoms with Gasteiger partial charge in [-0.25, -0.2) is 0 Å². The summed E-state index contributed by atoms with van der Waals surface area (Å²) in [6, 6.07) is 18.5. The minimum atomic E-state index is -3.32. The van der Waals surface area contributed by atoms with Gasteiger partial charge >= 0.3 is 193 Å². The minimum Gasteiger partial charge on any atom is -0.147 e. The van der Waals surface area contributed by atoms with Crippen LogP contribution in [0.4, 0.5) is 0 Å². The monoisotopic (exact) mass is 576 g/mol. The van der Waals surface area contributed by atoms with Crippen LogP contribution in [-0.4, -0.2) is 6.88 Å². The second-order valence-corrected chi connectivity index (χ2v) is 40.5. The van der Waals surface area contributed by atoms with Gasteiger partial charge in [-0.05, 0) is 0 Å². The molecule has 33 heavy (non-hydrogen) atoms. The van der Waals surface area contributed by atoms with Gasteiger partial charge in [0.2, 0.25) is 0 Å². The molecule has 4 rings (SSSR count). The summed E-state index contributed by atoms with van der Waals surface area (Å²) in [6.45, 7) is 14.2. The number of fused-ring (bicyclic) bond motifs is 1. The smallest absolute Gasteiger partial charge is 0.147 e. The molecule has 2 aliphatic rings. The zero-order valence-corrected chi connectivity index (χ0v) is 26.8. The van der Waals surface area contributed by atoms with Crippen molar-refractivity contribution in [3.8, 4) is 0 Å². The maximum absolute atomic E-state index is 3.32. The van der Waals surface area contributed by atoms with E-state index in [-0.39, 0.29) is 24.8 Å². The molecule has 0 saturated carbocycles. The summed E-state index contributed by atoms with van der Waals surface area (Å²) >= 11 is -3.32. The number of rotatable bonds is 5. The first-order valence-electron chi connectivity index (χ1n) is 11.9. The van der Waals surface area contributed by atoms with Crippen molar-refractivity contribution in [2.24, 2.45) is 5.92 Å². The Hall–Kier alpha value is -0.660. The molecule has 0 saturated heterocycles. The van der Waals surface area contributed by atoms with Crippen molar-refractivity contribution in [3.05, 3.63) is 96.9 Å². The first-order chi connectivity index (χ1) is 14.5. The Morgan fingerprint density at radius 2 is 1.58 bits per heavy atom. The van der Waals surface area contributed by atoms with Crippen LogP contribution in [-0.2, 0) is 23.8 Å². The van der Waals surface area contributed by atoms with Crippen molar-refractivity contribution in [2.75, 3.05) is 0 Å². The van der Waals surface area contributed by atoms with Crippen LogP contribution in [0.3, 0.4) is 0 Å². The SMILES string of the molecule is CCCc1cccc(C2=C[CH]([Zr]([CH3])([CH3])(=[SiH2])[C]3=C(C)C(C)=C(C)C3C)c3ccccc32)c1.Cl.Cl. The van der Waals surface area contributed by atoms with Crippen LogP contribution in [0.1, 0.15) is 66.9 Å². The summed E-state index contributed by atoms with van der Waals surface area (Å²) in [7, 11) is 0. The largest absolute Gasteiger partial charge is 0.147 e. The van der Waals surface area contributed by atoms with E-state index in [1.807, 2.05) is 3.28 Å². The predicted octanol–water partition coefficient (Wildman–Crippen LogP) is 8.56. The van der Waals surface area contributed by atoms with Crippen LogP contribution in [0.5, 0.6) is 0 Å². The quantitative estimate of drug-likeness (QED) is 0.312. The van der Waals surface area contributed by atoms with Crippen molar-refractivity contribution in [1.29, 1.82) is 0 Å². The van der Waals surface area contributed by atoms with E-state index in [9.17, 15) is 0 Å². The molecule has 2 aromatic carbocycles. The average molecular weight is 579 g/mol. The molecule has 0 amide bonds. The normalized spacial score (nSPS) is 20.3. The van der Waals surface area contributed by atoms with E-state index in [1.54, 1.807) is 22.3 Å². The van der Waals surface area contributed by atoms with Gasteiger partial charge in [0.15, 0.2) is 0 Å². The van der Waals surface area contributed by atoms with Crippen molar-refractivity contribution >= 4 is 37.3 Å². The fourth-order valence-electron chi connectivity index (χ4n) is 6.42. The van der Waals surface area contributed by atoms with Gasteiger partial charge in [0.25, 0.3) is 0 Å². The number of benzene rings is 2. The Labute approximate surface area is 216 Å². The Morgan fingerprint density at radius 3 is 2.18 bits per heavy atom. The van der Waals surface area contributed by atoms with E-state index >= 15 is 0 Å². The van der Waals surface area contributed by atoms with Gasteiger partial charge in [0, 0.05) is 0 Å². The number of allylic oxidation sites excluding steroid dienone is 5. The number of halogens is 2. The molecule has 2 atom stereocenters. The van der Waals surface area contributed by atoms with E-state index in [2.05, 4.69) is 105 Å². The first-order valence-corrected chi connectivity index (χ1v) is 25.4. The van der Waals surface area contributed by atoms with Crippen LogP contribution < -0.4 is 0 Å². The molecule has 0 N–H and O–H groups in total. The summed E-state index contributed by atoms with van der Waals surface area (Å²) in [5.74, 6) is 0.593. The van der Waals surface area contributed by atoms with Gasteiger partial charge in [-0.3, -0.25) is 0 Å². The van der Waals surface area contributed by atoms with E-state index in [4.69, 9.17) is 0 Å². The van der Waals surface area contributed by atoms with Crippen LogP contribution in [0.25, 0.3) is 5.57 Å². The summed E-state index contributed by atoms with van der Waals surface area (Å²) < 4.78 is 7.80. The van der Waals surface area contributed by atoms with Crippen molar-refractivity contribution in [2.45, 2.75) is 60.3 Å². The third-order valence-corrected chi connectivity index (χ3v) is 25.5. The summed E-state index contributed by atoms with van der Waals surface area (Å²) in [6.07, 6.45) is 5.02. The number of aryl methyl sites for hydroxylation is 1. The first kappa shape index (κ1) is 28.6. The third-order valence-electron chi connectivity index (χ3n) is 8.22. The molecular weight excluding hydrogens is 539 g/mol. The molecular formula is C29H40Cl2SiZr. The standard InChI is InChI=1S/C18H17.C9H13.2CH3.2ClH.H2Si.Zr/c1-2-6-14-7-5-9-16(13-14)18-12-11-15-8-3-4-10-17(15)18;1-6-5-7(2)9(4)8(6)3;;;;;;/h3-5,7-13H,2,6H2,1H3;6H,1-4H3;2*1H3;2*1H;1H2;. The van der Waals surface area contributed by atoms with Crippen molar-refractivity contribution in [3.63, 3.8) is 0 Å². The molecule has 0 nitrogen and oxygen atoms in total. The zero-order valence-electron chi connectivity index (χ0n) is 21.3. The van der Waals surface area contributed by atoms with Gasteiger partial charge in [-0.1, -0.05) is 0 Å². The van der Waals surface area contributed by atoms with Gasteiger partial charge in [-0.15, -0.1) is 24.8 Å². The molecule has 0 heterocycles. The summed E-state index contributed by atoms with van der Waals surface area (Å²) in [5.41, 5.74) is 12.1. The molecule has 2 unspecified atom stereocenters. The molecule has 0 aliphatic heterocycles. The molecule has 4 heteroatoms. The Kier molecular flexibility index (Phi) is 8.78. The van der Waals surface area contributed by atoms with Gasteiger partial charge in [0.05, 0.1) is 0 Å². The van der Waals surface area contributed by atoms with E-state index in [1.165, 1.54) is 28.7 Å². The van der Waals surface area contributed by atoms with Crippen LogP contribution in [0.15, 0.2) is 74.6 Å². The summed E-state index contributed by atoms with van der Waals surface area (Å²) in [5, 5.41) is 0. The Morgan fingerprint density at radius 1 is 0.909 bits per heavy atom. The van der Waals surface area contributed by atoms with Crippen LogP contribution >= 0.6 is 24.8 Å².